The highest BCUT2D eigenvalue weighted by molar-refractivity contribution is 5.25. The van der Waals surface area contributed by atoms with Crippen LogP contribution in [-0.2, 0) is 6.42 Å². The van der Waals surface area contributed by atoms with Crippen LogP contribution in [0.3, 0.4) is 0 Å². The first-order valence-electron chi connectivity index (χ1n) is 6.77. The van der Waals surface area contributed by atoms with Gasteiger partial charge in [-0.1, -0.05) is 38.8 Å². The number of phenolic OH excluding ortho intramolecular Hbond substituents is 1. The van der Waals surface area contributed by atoms with Crippen molar-refractivity contribution < 1.29 is 5.11 Å². The van der Waals surface area contributed by atoms with Crippen molar-refractivity contribution in [3.63, 3.8) is 0 Å². The van der Waals surface area contributed by atoms with Gasteiger partial charge in [0, 0.05) is 6.04 Å². The predicted molar refractivity (Wildman–Crippen MR) is 73.4 cm³/mol. The Hall–Kier alpha value is -1.02. The number of phenols is 1. The fraction of sp³-hybridized carbons (Fsp3) is 0.600. The summed E-state index contributed by atoms with van der Waals surface area (Å²) in [5.74, 6) is 0.344. The first-order chi connectivity index (χ1) is 8.26. The smallest absolute Gasteiger partial charge is 0.115 e. The molecule has 0 heterocycles. The van der Waals surface area contributed by atoms with Crippen molar-refractivity contribution in [2.24, 2.45) is 0 Å². The first kappa shape index (κ1) is 14.0. The minimum absolute atomic E-state index is 0.344. The third-order valence-electron chi connectivity index (χ3n) is 3.18. The molecule has 0 spiro atoms. The van der Waals surface area contributed by atoms with Crippen molar-refractivity contribution in [3.8, 4) is 5.75 Å². The van der Waals surface area contributed by atoms with Gasteiger partial charge >= 0.3 is 0 Å². The molecule has 96 valence electrons. The molecule has 1 rings (SSSR count). The van der Waals surface area contributed by atoms with E-state index in [1.807, 2.05) is 12.1 Å². The minimum Gasteiger partial charge on any atom is -0.508 e. The summed E-state index contributed by atoms with van der Waals surface area (Å²) in [6.07, 6.45) is 6.10. The second kappa shape index (κ2) is 8.13. The van der Waals surface area contributed by atoms with Crippen LogP contribution in [0, 0.1) is 0 Å². The van der Waals surface area contributed by atoms with E-state index in [0.717, 1.165) is 13.0 Å². The lowest BCUT2D eigenvalue weighted by molar-refractivity contribution is 0.455. The molecule has 0 fully saturated rings. The van der Waals surface area contributed by atoms with Gasteiger partial charge in [0.1, 0.15) is 5.75 Å². The van der Waals surface area contributed by atoms with Gasteiger partial charge in [0.2, 0.25) is 0 Å². The Kier molecular flexibility index (Phi) is 6.71. The maximum absolute atomic E-state index is 9.19. The van der Waals surface area contributed by atoms with Gasteiger partial charge in [-0.3, -0.25) is 0 Å². The molecule has 0 aliphatic rings. The highest BCUT2D eigenvalue weighted by Crippen LogP contribution is 2.10. The molecule has 0 bridgehead atoms. The van der Waals surface area contributed by atoms with E-state index in [2.05, 4.69) is 19.2 Å². The lowest BCUT2D eigenvalue weighted by atomic mass is 10.1. The van der Waals surface area contributed by atoms with Crippen LogP contribution in [0.25, 0.3) is 0 Å². The molecule has 1 aromatic rings. The summed E-state index contributed by atoms with van der Waals surface area (Å²) in [7, 11) is 0. The number of benzene rings is 1. The van der Waals surface area contributed by atoms with E-state index in [9.17, 15) is 5.11 Å². The molecule has 2 heteroatoms. The Morgan fingerprint density at radius 2 is 1.88 bits per heavy atom. The first-order valence-corrected chi connectivity index (χ1v) is 6.77. The number of hydrogen-bond acceptors (Lipinski definition) is 2. The predicted octanol–water partition coefficient (Wildman–Crippen LogP) is 3.49. The molecular formula is C15H25NO. The van der Waals surface area contributed by atoms with Crippen molar-refractivity contribution in [2.45, 2.75) is 52.0 Å². The molecule has 2 N–H and O–H groups in total. The second-order valence-corrected chi connectivity index (χ2v) is 4.62. The van der Waals surface area contributed by atoms with E-state index in [0.29, 0.717) is 11.8 Å². The van der Waals surface area contributed by atoms with Crippen LogP contribution >= 0.6 is 0 Å². The number of hydrogen-bond donors (Lipinski definition) is 2. The van der Waals surface area contributed by atoms with Crippen molar-refractivity contribution in [2.75, 3.05) is 6.54 Å². The Labute approximate surface area is 105 Å². The van der Waals surface area contributed by atoms with E-state index in [-0.39, 0.29) is 0 Å². The minimum atomic E-state index is 0.344. The second-order valence-electron chi connectivity index (χ2n) is 4.62. The molecule has 2 nitrogen and oxygen atoms in total. The average Bonchev–Trinajstić information content (AvgIpc) is 2.36. The summed E-state index contributed by atoms with van der Waals surface area (Å²) in [5.41, 5.74) is 1.28. The molecule has 0 saturated heterocycles. The van der Waals surface area contributed by atoms with Gasteiger partial charge < -0.3 is 10.4 Å². The zero-order chi connectivity index (χ0) is 12.5. The third kappa shape index (κ3) is 5.73. The standard InChI is InChI=1S/C15H25NO/c1-3-5-6-14(4-2)16-12-11-13-7-9-15(17)10-8-13/h7-10,14,16-17H,3-6,11-12H2,1-2H3. The Morgan fingerprint density at radius 1 is 1.18 bits per heavy atom. The van der Waals surface area contributed by atoms with Crippen LogP contribution < -0.4 is 5.32 Å². The third-order valence-corrected chi connectivity index (χ3v) is 3.18. The van der Waals surface area contributed by atoms with Gasteiger partial charge in [-0.05, 0) is 43.5 Å². The Balaban J connectivity index is 2.23. The molecule has 0 radical (unpaired) electrons. The van der Waals surface area contributed by atoms with Gasteiger partial charge in [-0.2, -0.15) is 0 Å². The van der Waals surface area contributed by atoms with Crippen molar-refractivity contribution in [1.29, 1.82) is 0 Å². The summed E-state index contributed by atoms with van der Waals surface area (Å²) in [4.78, 5) is 0. The van der Waals surface area contributed by atoms with Crippen molar-refractivity contribution >= 4 is 0 Å². The lowest BCUT2D eigenvalue weighted by Crippen LogP contribution is -2.30. The normalized spacial score (nSPS) is 12.6. The van der Waals surface area contributed by atoms with Crippen LogP contribution in [0.1, 0.15) is 45.1 Å². The van der Waals surface area contributed by atoms with Crippen molar-refractivity contribution in [1.82, 2.24) is 5.32 Å². The molecule has 0 aromatic heterocycles. The maximum atomic E-state index is 9.19. The molecule has 0 aliphatic heterocycles. The monoisotopic (exact) mass is 235 g/mol. The zero-order valence-electron chi connectivity index (χ0n) is 11.1. The summed E-state index contributed by atoms with van der Waals surface area (Å²) in [5, 5.41) is 12.8. The van der Waals surface area contributed by atoms with E-state index >= 15 is 0 Å². The van der Waals surface area contributed by atoms with Gasteiger partial charge in [-0.15, -0.1) is 0 Å². The van der Waals surface area contributed by atoms with E-state index in [4.69, 9.17) is 0 Å². The number of rotatable bonds is 8. The summed E-state index contributed by atoms with van der Waals surface area (Å²) in [6, 6.07) is 8.15. The van der Waals surface area contributed by atoms with Crippen LogP contribution in [0.2, 0.25) is 0 Å². The molecule has 0 amide bonds. The van der Waals surface area contributed by atoms with E-state index < -0.39 is 0 Å². The average molecular weight is 235 g/mol. The molecule has 0 aliphatic carbocycles. The molecular weight excluding hydrogens is 210 g/mol. The van der Waals surface area contributed by atoms with Crippen LogP contribution in [0.4, 0.5) is 0 Å². The highest BCUT2D eigenvalue weighted by atomic mass is 16.3. The van der Waals surface area contributed by atoms with Crippen LogP contribution in [-0.4, -0.2) is 17.7 Å². The van der Waals surface area contributed by atoms with Crippen LogP contribution in [0.15, 0.2) is 24.3 Å². The molecule has 17 heavy (non-hydrogen) atoms. The summed E-state index contributed by atoms with van der Waals surface area (Å²) < 4.78 is 0. The Morgan fingerprint density at radius 3 is 2.47 bits per heavy atom. The topological polar surface area (TPSA) is 32.3 Å². The molecule has 1 aromatic carbocycles. The number of aromatic hydroxyl groups is 1. The maximum Gasteiger partial charge on any atom is 0.115 e. The molecule has 1 unspecified atom stereocenters. The lowest BCUT2D eigenvalue weighted by Gasteiger charge is -2.16. The molecule has 1 atom stereocenters. The number of unbranched alkanes of at least 4 members (excludes halogenated alkanes) is 1. The van der Waals surface area contributed by atoms with Gasteiger partial charge in [0.25, 0.3) is 0 Å². The van der Waals surface area contributed by atoms with E-state index in [1.54, 1.807) is 12.1 Å². The summed E-state index contributed by atoms with van der Waals surface area (Å²) >= 11 is 0. The fourth-order valence-electron chi connectivity index (χ4n) is 1.98. The fourth-order valence-corrected chi connectivity index (χ4v) is 1.98. The van der Waals surface area contributed by atoms with Crippen molar-refractivity contribution in [3.05, 3.63) is 29.8 Å². The highest BCUT2D eigenvalue weighted by Gasteiger charge is 2.04. The van der Waals surface area contributed by atoms with Gasteiger partial charge in [0.15, 0.2) is 0 Å². The van der Waals surface area contributed by atoms with Gasteiger partial charge in [0.05, 0.1) is 0 Å². The zero-order valence-corrected chi connectivity index (χ0v) is 11.1. The van der Waals surface area contributed by atoms with Gasteiger partial charge in [-0.25, -0.2) is 0 Å². The van der Waals surface area contributed by atoms with Crippen LogP contribution in [0.5, 0.6) is 5.75 Å². The quantitative estimate of drug-likeness (QED) is 0.723. The Bertz CT molecular complexity index is 294. The SMILES string of the molecule is CCCCC(CC)NCCc1ccc(O)cc1. The van der Waals surface area contributed by atoms with E-state index in [1.165, 1.54) is 31.2 Å². The molecule has 0 saturated carbocycles. The largest absolute Gasteiger partial charge is 0.508 e. The number of nitrogens with one attached hydrogen (secondary N) is 1. The summed E-state index contributed by atoms with van der Waals surface area (Å²) in [6.45, 7) is 5.50.